The quantitative estimate of drug-likeness (QED) is 0.869. The number of hydrogen-bond acceptors (Lipinski definition) is 4. The van der Waals surface area contributed by atoms with Gasteiger partial charge in [0, 0.05) is 25.1 Å². The van der Waals surface area contributed by atoms with Gasteiger partial charge in [-0.3, -0.25) is 4.79 Å². The Morgan fingerprint density at radius 2 is 1.96 bits per heavy atom. The summed E-state index contributed by atoms with van der Waals surface area (Å²) in [7, 11) is 0. The molecule has 1 unspecified atom stereocenters. The molecule has 2 saturated heterocycles. The van der Waals surface area contributed by atoms with Crippen molar-refractivity contribution in [2.24, 2.45) is 5.92 Å². The first kappa shape index (κ1) is 18.2. The van der Waals surface area contributed by atoms with Crippen molar-refractivity contribution in [2.75, 3.05) is 31.2 Å². The third kappa shape index (κ3) is 3.60. The number of ether oxygens (including phenoxy) is 2. The third-order valence-electron chi connectivity index (χ3n) is 5.75. The van der Waals surface area contributed by atoms with Gasteiger partial charge in [-0.2, -0.15) is 0 Å². The predicted molar refractivity (Wildman–Crippen MR) is 96.8 cm³/mol. The first-order valence-electron chi connectivity index (χ1n) is 9.34. The van der Waals surface area contributed by atoms with Crippen LogP contribution in [0.5, 0.6) is 0 Å². The van der Waals surface area contributed by atoms with E-state index in [2.05, 4.69) is 5.32 Å². The van der Waals surface area contributed by atoms with E-state index in [0.717, 1.165) is 38.6 Å². The smallest absolute Gasteiger partial charge is 0.244 e. The molecule has 2 heterocycles. The number of hydrogen-bond donors (Lipinski definition) is 1. The average molecular weight is 383 g/mol. The van der Waals surface area contributed by atoms with Gasteiger partial charge in [0.2, 0.25) is 5.91 Å². The van der Waals surface area contributed by atoms with Crippen LogP contribution in [0, 0.1) is 11.7 Å². The molecular weight excluding hydrogens is 359 g/mol. The highest BCUT2D eigenvalue weighted by Gasteiger charge is 2.40. The van der Waals surface area contributed by atoms with Crippen molar-refractivity contribution in [3.63, 3.8) is 0 Å². The third-order valence-corrected chi connectivity index (χ3v) is 6.06. The first-order chi connectivity index (χ1) is 12.6. The Hall–Kier alpha value is -1.21. The summed E-state index contributed by atoms with van der Waals surface area (Å²) in [5.41, 5.74) is 0.566. The van der Waals surface area contributed by atoms with E-state index in [9.17, 15) is 9.18 Å². The summed E-state index contributed by atoms with van der Waals surface area (Å²) >= 11 is 5.72. The number of nitrogens with one attached hydrogen (secondary N) is 1. The molecule has 1 aromatic rings. The van der Waals surface area contributed by atoms with E-state index < -0.39 is 5.82 Å². The van der Waals surface area contributed by atoms with Gasteiger partial charge in [-0.25, -0.2) is 4.39 Å². The number of amides is 1. The minimum atomic E-state index is -0.499. The summed E-state index contributed by atoms with van der Waals surface area (Å²) in [4.78, 5) is 14.3. The van der Waals surface area contributed by atoms with Crippen LogP contribution in [0.15, 0.2) is 18.2 Å². The molecule has 1 spiro atoms. The van der Waals surface area contributed by atoms with E-state index in [1.807, 2.05) is 0 Å². The Balaban J connectivity index is 1.28. The van der Waals surface area contributed by atoms with Crippen LogP contribution in [0.4, 0.5) is 10.1 Å². The average Bonchev–Trinajstić information content (AvgIpc) is 3.24. The molecule has 1 aromatic carbocycles. The number of carbonyl (C=O) groups excluding carboxylic acids is 1. The Labute approximate surface area is 157 Å². The zero-order valence-electron chi connectivity index (χ0n) is 14.7. The van der Waals surface area contributed by atoms with Crippen LogP contribution < -0.4 is 10.2 Å². The van der Waals surface area contributed by atoms with Crippen molar-refractivity contribution < 1.29 is 18.7 Å². The summed E-state index contributed by atoms with van der Waals surface area (Å²) < 4.78 is 25.2. The molecule has 5 nitrogen and oxygen atoms in total. The fourth-order valence-corrected chi connectivity index (χ4v) is 4.31. The molecule has 4 rings (SSSR count). The van der Waals surface area contributed by atoms with E-state index in [1.165, 1.54) is 12.1 Å². The molecule has 1 atom stereocenters. The molecule has 1 amide bonds. The molecule has 2 aliphatic heterocycles. The van der Waals surface area contributed by atoms with Gasteiger partial charge >= 0.3 is 0 Å². The zero-order chi connectivity index (χ0) is 18.1. The number of anilines is 1. The van der Waals surface area contributed by atoms with Crippen LogP contribution in [-0.2, 0) is 14.3 Å². The maximum atomic E-state index is 13.7. The fourth-order valence-electron chi connectivity index (χ4n) is 4.19. The SMILES string of the molecule is O=C1C(NCC2CCC3(CC2)OCCO3)CCN1c1ccc(Cl)c(F)c1. The number of benzene rings is 1. The Morgan fingerprint density at radius 1 is 1.23 bits per heavy atom. The Bertz CT molecular complexity index is 671. The van der Waals surface area contributed by atoms with Crippen molar-refractivity contribution in [2.45, 2.75) is 43.9 Å². The van der Waals surface area contributed by atoms with Gasteiger partial charge in [0.1, 0.15) is 5.82 Å². The molecule has 1 N–H and O–H groups in total. The van der Waals surface area contributed by atoms with Crippen LogP contribution in [0.25, 0.3) is 0 Å². The molecule has 3 fully saturated rings. The number of halogens is 2. The summed E-state index contributed by atoms with van der Waals surface area (Å²) in [6.07, 6.45) is 4.66. The second-order valence-corrected chi connectivity index (χ2v) is 7.80. The maximum absolute atomic E-state index is 13.7. The maximum Gasteiger partial charge on any atom is 0.244 e. The van der Waals surface area contributed by atoms with Crippen LogP contribution in [0.2, 0.25) is 5.02 Å². The lowest BCUT2D eigenvalue weighted by Gasteiger charge is -2.35. The number of rotatable bonds is 4. The van der Waals surface area contributed by atoms with Gasteiger partial charge in [0.25, 0.3) is 0 Å². The van der Waals surface area contributed by atoms with Crippen LogP contribution >= 0.6 is 11.6 Å². The van der Waals surface area contributed by atoms with Gasteiger partial charge in [-0.15, -0.1) is 0 Å². The molecule has 7 heteroatoms. The number of carbonyl (C=O) groups is 1. The lowest BCUT2D eigenvalue weighted by Crippen LogP contribution is -2.43. The highest BCUT2D eigenvalue weighted by molar-refractivity contribution is 6.30. The molecule has 0 radical (unpaired) electrons. The van der Waals surface area contributed by atoms with Gasteiger partial charge in [0.15, 0.2) is 5.79 Å². The summed E-state index contributed by atoms with van der Waals surface area (Å²) in [5.74, 6) is -0.305. The Kier molecular flexibility index (Phi) is 5.19. The minimum absolute atomic E-state index is 0.00135. The lowest BCUT2D eigenvalue weighted by molar-refractivity contribution is -0.182. The Morgan fingerprint density at radius 3 is 2.65 bits per heavy atom. The standard InChI is InChI=1S/C19H24ClFN2O3/c20-15-2-1-14(11-16(15)21)23-8-5-17(18(23)24)22-12-13-3-6-19(7-4-13)25-9-10-26-19/h1-2,11,13,17,22H,3-10,12H2. The van der Waals surface area contributed by atoms with Gasteiger partial charge in [0.05, 0.1) is 24.3 Å². The topological polar surface area (TPSA) is 50.8 Å². The van der Waals surface area contributed by atoms with Crippen molar-refractivity contribution in [3.8, 4) is 0 Å². The predicted octanol–water partition coefficient (Wildman–Crippen LogP) is 3.11. The van der Waals surface area contributed by atoms with Crippen LogP contribution in [0.3, 0.4) is 0 Å². The van der Waals surface area contributed by atoms with Crippen LogP contribution in [0.1, 0.15) is 32.1 Å². The van der Waals surface area contributed by atoms with Crippen LogP contribution in [-0.4, -0.2) is 44.0 Å². The number of nitrogens with zero attached hydrogens (tertiary/aromatic N) is 1. The second-order valence-electron chi connectivity index (χ2n) is 7.39. The molecule has 1 saturated carbocycles. The first-order valence-corrected chi connectivity index (χ1v) is 9.72. The van der Waals surface area contributed by atoms with E-state index in [1.54, 1.807) is 11.0 Å². The molecular formula is C19H24ClFN2O3. The van der Waals surface area contributed by atoms with Gasteiger partial charge in [-0.1, -0.05) is 11.6 Å². The van der Waals surface area contributed by atoms with Crippen molar-refractivity contribution in [1.29, 1.82) is 0 Å². The van der Waals surface area contributed by atoms with E-state index >= 15 is 0 Å². The highest BCUT2D eigenvalue weighted by atomic mass is 35.5. The van der Waals surface area contributed by atoms with E-state index in [-0.39, 0.29) is 22.8 Å². The fraction of sp³-hybridized carbons (Fsp3) is 0.632. The summed E-state index contributed by atoms with van der Waals surface area (Å²) in [6, 6.07) is 4.30. The van der Waals surface area contributed by atoms with Gasteiger partial charge < -0.3 is 19.7 Å². The largest absolute Gasteiger partial charge is 0.348 e. The second kappa shape index (κ2) is 7.43. The normalized spacial score (nSPS) is 26.2. The van der Waals surface area contributed by atoms with E-state index in [0.29, 0.717) is 31.4 Å². The molecule has 26 heavy (non-hydrogen) atoms. The van der Waals surface area contributed by atoms with E-state index in [4.69, 9.17) is 21.1 Å². The van der Waals surface area contributed by atoms with Crippen molar-refractivity contribution in [1.82, 2.24) is 5.32 Å². The molecule has 1 aliphatic carbocycles. The van der Waals surface area contributed by atoms with Gasteiger partial charge in [-0.05, 0) is 49.9 Å². The van der Waals surface area contributed by atoms with Crippen molar-refractivity contribution >= 4 is 23.2 Å². The molecule has 142 valence electrons. The minimum Gasteiger partial charge on any atom is -0.348 e. The zero-order valence-corrected chi connectivity index (χ0v) is 15.4. The molecule has 3 aliphatic rings. The summed E-state index contributed by atoms with van der Waals surface area (Å²) in [5, 5.41) is 3.48. The lowest BCUT2D eigenvalue weighted by atomic mass is 9.85. The summed E-state index contributed by atoms with van der Waals surface area (Å²) in [6.45, 7) is 2.80. The van der Waals surface area contributed by atoms with Crippen molar-refractivity contribution in [3.05, 3.63) is 29.0 Å². The monoisotopic (exact) mass is 382 g/mol. The molecule has 0 aromatic heterocycles. The highest BCUT2D eigenvalue weighted by Crippen LogP contribution is 2.38. The molecule has 0 bridgehead atoms.